The van der Waals surface area contributed by atoms with Crippen molar-refractivity contribution in [1.29, 1.82) is 0 Å². The van der Waals surface area contributed by atoms with Gasteiger partial charge in [-0.1, -0.05) is 12.8 Å². The molecule has 0 aromatic heterocycles. The van der Waals surface area contributed by atoms with E-state index in [1.165, 1.54) is 44.9 Å². The van der Waals surface area contributed by atoms with Crippen molar-refractivity contribution in [2.75, 3.05) is 0 Å². The normalized spacial score (nSPS) is 44.8. The summed E-state index contributed by atoms with van der Waals surface area (Å²) < 4.78 is 5.89. The first-order valence-corrected chi connectivity index (χ1v) is 6.25. The average Bonchev–Trinajstić information content (AvgIpc) is 2.93. The van der Waals surface area contributed by atoms with Crippen molar-refractivity contribution >= 4 is 0 Å². The summed E-state index contributed by atoms with van der Waals surface area (Å²) >= 11 is 0. The predicted molar refractivity (Wildman–Crippen MR) is 55.9 cm³/mol. The van der Waals surface area contributed by atoms with Gasteiger partial charge in [0.05, 0.1) is 12.2 Å². The second-order valence-electron chi connectivity index (χ2n) is 5.40. The zero-order chi connectivity index (χ0) is 9.54. The summed E-state index contributed by atoms with van der Waals surface area (Å²) in [5, 5.41) is 0. The molecule has 2 N–H and O–H groups in total. The Labute approximate surface area is 86.2 Å². The van der Waals surface area contributed by atoms with Crippen molar-refractivity contribution < 1.29 is 4.74 Å². The van der Waals surface area contributed by atoms with Gasteiger partial charge in [0.25, 0.3) is 0 Å². The molecule has 3 fully saturated rings. The molecule has 3 aliphatic rings. The van der Waals surface area contributed by atoms with E-state index in [2.05, 4.69) is 0 Å². The molecule has 4 atom stereocenters. The first-order chi connectivity index (χ1) is 6.84. The third-order valence-corrected chi connectivity index (χ3v) is 4.59. The molecule has 0 aromatic rings. The lowest BCUT2D eigenvalue weighted by atomic mass is 9.78. The van der Waals surface area contributed by atoms with Gasteiger partial charge in [0.1, 0.15) is 0 Å². The number of hydrogen-bond donors (Lipinski definition) is 1. The van der Waals surface area contributed by atoms with Crippen LogP contribution in [0.1, 0.15) is 44.9 Å². The Morgan fingerprint density at radius 2 is 1.86 bits per heavy atom. The van der Waals surface area contributed by atoms with Gasteiger partial charge in [-0.15, -0.1) is 0 Å². The Morgan fingerprint density at radius 3 is 2.43 bits per heavy atom. The Morgan fingerprint density at radius 1 is 1.07 bits per heavy atom. The standard InChI is InChI=1S/C12H21NO/c13-12(8-3-1-2-4-8)10-7-9-5-6-11(10)14-9/h8-12H,1-7,13H2. The van der Waals surface area contributed by atoms with Crippen LogP contribution in [0.15, 0.2) is 0 Å². The minimum Gasteiger partial charge on any atom is -0.375 e. The highest BCUT2D eigenvalue weighted by atomic mass is 16.5. The second kappa shape index (κ2) is 3.49. The summed E-state index contributed by atoms with van der Waals surface area (Å²) in [6.07, 6.45) is 10.5. The summed E-state index contributed by atoms with van der Waals surface area (Å²) in [7, 11) is 0. The maximum Gasteiger partial charge on any atom is 0.0623 e. The summed E-state index contributed by atoms with van der Waals surface area (Å²) in [6.45, 7) is 0. The smallest absolute Gasteiger partial charge is 0.0623 e. The average molecular weight is 195 g/mol. The van der Waals surface area contributed by atoms with Crippen LogP contribution in [0.2, 0.25) is 0 Å². The van der Waals surface area contributed by atoms with E-state index >= 15 is 0 Å². The molecule has 14 heavy (non-hydrogen) atoms. The van der Waals surface area contributed by atoms with Gasteiger partial charge in [-0.2, -0.15) is 0 Å². The van der Waals surface area contributed by atoms with Gasteiger partial charge in [-0.25, -0.2) is 0 Å². The Bertz CT molecular complexity index is 212. The van der Waals surface area contributed by atoms with Gasteiger partial charge < -0.3 is 10.5 Å². The van der Waals surface area contributed by atoms with E-state index in [0.29, 0.717) is 24.2 Å². The Kier molecular flexibility index (Phi) is 2.29. The van der Waals surface area contributed by atoms with Gasteiger partial charge in [-0.3, -0.25) is 0 Å². The zero-order valence-corrected chi connectivity index (χ0v) is 8.82. The minimum absolute atomic E-state index is 0.438. The third-order valence-electron chi connectivity index (χ3n) is 4.59. The Hall–Kier alpha value is -0.0800. The van der Waals surface area contributed by atoms with Crippen molar-refractivity contribution in [3.8, 4) is 0 Å². The number of ether oxygens (including phenoxy) is 1. The fourth-order valence-electron chi connectivity index (χ4n) is 3.77. The van der Waals surface area contributed by atoms with Crippen LogP contribution in [0.25, 0.3) is 0 Å². The summed E-state index contributed by atoms with van der Waals surface area (Å²) in [6, 6.07) is 0.438. The monoisotopic (exact) mass is 195 g/mol. The van der Waals surface area contributed by atoms with Gasteiger partial charge in [-0.05, 0) is 38.0 Å². The van der Waals surface area contributed by atoms with E-state index in [-0.39, 0.29) is 0 Å². The molecule has 0 amide bonds. The molecule has 2 bridgehead atoms. The highest BCUT2D eigenvalue weighted by Gasteiger charge is 2.45. The highest BCUT2D eigenvalue weighted by Crippen LogP contribution is 2.43. The van der Waals surface area contributed by atoms with Crippen LogP contribution in [-0.2, 0) is 4.74 Å². The molecular formula is C12H21NO. The van der Waals surface area contributed by atoms with E-state index in [1.807, 2.05) is 0 Å². The van der Waals surface area contributed by atoms with Gasteiger partial charge >= 0.3 is 0 Å². The Balaban J connectivity index is 1.64. The first kappa shape index (κ1) is 9.17. The van der Waals surface area contributed by atoms with E-state index < -0.39 is 0 Å². The minimum atomic E-state index is 0.438. The molecule has 1 aliphatic carbocycles. The largest absolute Gasteiger partial charge is 0.375 e. The van der Waals surface area contributed by atoms with Crippen molar-refractivity contribution in [2.24, 2.45) is 17.6 Å². The molecule has 2 saturated heterocycles. The third kappa shape index (κ3) is 1.40. The molecule has 3 rings (SSSR count). The van der Waals surface area contributed by atoms with Crippen molar-refractivity contribution in [2.45, 2.75) is 63.2 Å². The SMILES string of the molecule is NC(C1CCCC1)C1CC2CCC1O2. The van der Waals surface area contributed by atoms with Crippen LogP contribution in [0.5, 0.6) is 0 Å². The summed E-state index contributed by atoms with van der Waals surface area (Å²) in [5.74, 6) is 1.50. The molecule has 0 radical (unpaired) electrons. The fraction of sp³-hybridized carbons (Fsp3) is 1.00. The topological polar surface area (TPSA) is 35.2 Å². The lowest BCUT2D eigenvalue weighted by Crippen LogP contribution is -2.41. The van der Waals surface area contributed by atoms with Gasteiger partial charge in [0, 0.05) is 12.0 Å². The van der Waals surface area contributed by atoms with Gasteiger partial charge in [0.15, 0.2) is 0 Å². The maximum atomic E-state index is 6.39. The molecule has 0 spiro atoms. The maximum absolute atomic E-state index is 6.39. The van der Waals surface area contributed by atoms with Crippen LogP contribution in [0, 0.1) is 11.8 Å². The number of rotatable bonds is 2. The molecule has 2 nitrogen and oxygen atoms in total. The second-order valence-corrected chi connectivity index (χ2v) is 5.40. The lowest BCUT2D eigenvalue weighted by Gasteiger charge is -2.29. The molecule has 2 heteroatoms. The molecule has 2 heterocycles. The van der Waals surface area contributed by atoms with E-state index in [1.54, 1.807) is 0 Å². The van der Waals surface area contributed by atoms with Crippen LogP contribution >= 0.6 is 0 Å². The summed E-state index contributed by atoms with van der Waals surface area (Å²) in [5.41, 5.74) is 6.39. The summed E-state index contributed by atoms with van der Waals surface area (Å²) in [4.78, 5) is 0. The quantitative estimate of drug-likeness (QED) is 0.732. The van der Waals surface area contributed by atoms with Gasteiger partial charge in [0.2, 0.25) is 0 Å². The number of hydrogen-bond acceptors (Lipinski definition) is 2. The molecule has 1 saturated carbocycles. The number of nitrogens with two attached hydrogens (primary N) is 1. The van der Waals surface area contributed by atoms with E-state index in [9.17, 15) is 0 Å². The molecular weight excluding hydrogens is 174 g/mol. The fourth-order valence-corrected chi connectivity index (χ4v) is 3.77. The van der Waals surface area contributed by atoms with Crippen molar-refractivity contribution in [1.82, 2.24) is 0 Å². The number of fused-ring (bicyclic) bond motifs is 2. The van der Waals surface area contributed by atoms with Crippen molar-refractivity contribution in [3.63, 3.8) is 0 Å². The molecule has 0 aromatic carbocycles. The molecule has 4 unspecified atom stereocenters. The lowest BCUT2D eigenvalue weighted by molar-refractivity contribution is 0.0841. The molecule has 80 valence electrons. The van der Waals surface area contributed by atoms with E-state index in [4.69, 9.17) is 10.5 Å². The van der Waals surface area contributed by atoms with Crippen molar-refractivity contribution in [3.05, 3.63) is 0 Å². The highest BCUT2D eigenvalue weighted by molar-refractivity contribution is 4.96. The van der Waals surface area contributed by atoms with E-state index in [0.717, 1.165) is 5.92 Å². The molecule has 2 aliphatic heterocycles. The van der Waals surface area contributed by atoms with Crippen LogP contribution in [0.4, 0.5) is 0 Å². The van der Waals surface area contributed by atoms with Crippen LogP contribution in [-0.4, -0.2) is 18.2 Å². The first-order valence-electron chi connectivity index (χ1n) is 6.25. The predicted octanol–water partition coefficient (Wildman–Crippen LogP) is 2.07. The van der Waals surface area contributed by atoms with Crippen LogP contribution < -0.4 is 5.73 Å². The zero-order valence-electron chi connectivity index (χ0n) is 8.82. The van der Waals surface area contributed by atoms with Crippen LogP contribution in [0.3, 0.4) is 0 Å².